The zero-order valence-corrected chi connectivity index (χ0v) is 18.4. The molecule has 0 saturated carbocycles. The summed E-state index contributed by atoms with van der Waals surface area (Å²) >= 11 is 0. The van der Waals surface area contributed by atoms with Crippen molar-refractivity contribution in [3.63, 3.8) is 0 Å². The Bertz CT molecular complexity index is 748. The highest BCUT2D eigenvalue weighted by Gasteiger charge is 2.05. The number of rotatable bonds is 6. The van der Waals surface area contributed by atoms with Crippen molar-refractivity contribution in [1.29, 1.82) is 0 Å². The van der Waals surface area contributed by atoms with Gasteiger partial charge >= 0.3 is 0 Å². The van der Waals surface area contributed by atoms with Crippen LogP contribution in [0.15, 0.2) is 41.4 Å². The largest absolute Gasteiger partial charge is 0.496 e. The summed E-state index contributed by atoms with van der Waals surface area (Å²) in [5, 5.41) is 6.65. The number of ether oxygens (including phenoxy) is 2. The van der Waals surface area contributed by atoms with E-state index < -0.39 is 0 Å². The van der Waals surface area contributed by atoms with Crippen LogP contribution in [0.2, 0.25) is 0 Å². The molecule has 6 heteroatoms. The van der Waals surface area contributed by atoms with Gasteiger partial charge in [-0.25, -0.2) is 0 Å². The number of halogens is 1. The van der Waals surface area contributed by atoms with Crippen LogP contribution >= 0.6 is 24.0 Å². The van der Waals surface area contributed by atoms with E-state index in [1.165, 1.54) is 11.1 Å². The fourth-order valence-corrected chi connectivity index (χ4v) is 2.63. The van der Waals surface area contributed by atoms with E-state index in [2.05, 4.69) is 46.8 Å². The Balaban J connectivity index is 0.00000338. The Labute approximate surface area is 173 Å². The van der Waals surface area contributed by atoms with E-state index in [9.17, 15) is 0 Å². The molecule has 2 rings (SSSR count). The molecule has 0 bridgehead atoms. The third-order valence-corrected chi connectivity index (χ3v) is 4.03. The first kappa shape index (κ1) is 22.1. The number of aliphatic imine (C=N–C) groups is 1. The molecule has 0 fully saturated rings. The molecule has 0 aliphatic heterocycles. The first-order chi connectivity index (χ1) is 12.1. The van der Waals surface area contributed by atoms with Gasteiger partial charge in [-0.1, -0.05) is 24.3 Å². The van der Waals surface area contributed by atoms with Gasteiger partial charge in [-0.05, 0) is 42.7 Å². The minimum atomic E-state index is 0. The highest BCUT2D eigenvalue weighted by atomic mass is 127. The maximum absolute atomic E-state index is 5.44. The second-order valence-corrected chi connectivity index (χ2v) is 5.90. The van der Waals surface area contributed by atoms with Crippen molar-refractivity contribution >= 4 is 29.9 Å². The van der Waals surface area contributed by atoms with Gasteiger partial charge in [0.25, 0.3) is 0 Å². The predicted octanol–water partition coefficient (Wildman–Crippen LogP) is 3.80. The zero-order chi connectivity index (χ0) is 18.2. The van der Waals surface area contributed by atoms with E-state index in [-0.39, 0.29) is 24.0 Å². The van der Waals surface area contributed by atoms with E-state index in [0.29, 0.717) is 13.1 Å². The molecule has 0 aromatic heterocycles. The molecule has 0 aliphatic carbocycles. The van der Waals surface area contributed by atoms with Gasteiger partial charge in [0, 0.05) is 25.7 Å². The number of guanidine groups is 1. The standard InChI is InChI=1S/C20H27N3O2.HI/c1-14-6-8-17(19(10-14)25-5)13-23-20(21-3)22-12-16-7-9-18(24-4)15(2)11-16;/h6-11H,12-13H2,1-5H3,(H2,21,22,23);1H. The number of hydrogen-bond acceptors (Lipinski definition) is 3. The number of benzene rings is 2. The Morgan fingerprint density at radius 3 is 2.23 bits per heavy atom. The quantitative estimate of drug-likeness (QED) is 0.384. The Hall–Kier alpha value is -1.96. The van der Waals surface area contributed by atoms with Crippen molar-refractivity contribution in [2.45, 2.75) is 26.9 Å². The van der Waals surface area contributed by atoms with Crippen LogP contribution in [0.25, 0.3) is 0 Å². The SMILES string of the molecule is CN=C(NCc1ccc(OC)c(C)c1)NCc1ccc(C)cc1OC.I. The predicted molar refractivity (Wildman–Crippen MR) is 118 cm³/mol. The molecule has 0 heterocycles. The van der Waals surface area contributed by atoms with Crippen LogP contribution in [-0.2, 0) is 13.1 Å². The maximum atomic E-state index is 5.44. The third-order valence-electron chi connectivity index (χ3n) is 4.03. The smallest absolute Gasteiger partial charge is 0.191 e. The van der Waals surface area contributed by atoms with Gasteiger partial charge in [0.15, 0.2) is 5.96 Å². The monoisotopic (exact) mass is 469 g/mol. The van der Waals surface area contributed by atoms with Crippen molar-refractivity contribution in [3.05, 3.63) is 58.7 Å². The Kier molecular flexibility index (Phi) is 9.26. The van der Waals surface area contributed by atoms with Crippen LogP contribution in [0.5, 0.6) is 11.5 Å². The lowest BCUT2D eigenvalue weighted by atomic mass is 10.1. The Morgan fingerprint density at radius 1 is 0.923 bits per heavy atom. The molecule has 0 spiro atoms. The second-order valence-electron chi connectivity index (χ2n) is 5.90. The molecule has 0 unspecified atom stereocenters. The number of methoxy groups -OCH3 is 2. The molecular weight excluding hydrogens is 441 g/mol. The van der Waals surface area contributed by atoms with Crippen molar-refractivity contribution in [3.8, 4) is 11.5 Å². The molecule has 2 N–H and O–H groups in total. The van der Waals surface area contributed by atoms with Crippen molar-refractivity contribution in [2.24, 2.45) is 4.99 Å². The molecule has 2 aromatic carbocycles. The van der Waals surface area contributed by atoms with E-state index in [0.717, 1.165) is 28.6 Å². The van der Waals surface area contributed by atoms with Crippen molar-refractivity contribution < 1.29 is 9.47 Å². The van der Waals surface area contributed by atoms with E-state index in [4.69, 9.17) is 9.47 Å². The number of nitrogens with one attached hydrogen (secondary N) is 2. The van der Waals surface area contributed by atoms with Gasteiger partial charge < -0.3 is 20.1 Å². The fourth-order valence-electron chi connectivity index (χ4n) is 2.63. The first-order valence-corrected chi connectivity index (χ1v) is 8.29. The molecular formula is C20H28IN3O2. The lowest BCUT2D eigenvalue weighted by molar-refractivity contribution is 0.408. The molecule has 142 valence electrons. The molecule has 5 nitrogen and oxygen atoms in total. The first-order valence-electron chi connectivity index (χ1n) is 8.29. The molecule has 0 radical (unpaired) electrons. The van der Waals surface area contributed by atoms with Crippen molar-refractivity contribution in [1.82, 2.24) is 10.6 Å². The van der Waals surface area contributed by atoms with Gasteiger partial charge in [0.2, 0.25) is 0 Å². The second kappa shape index (κ2) is 10.9. The number of hydrogen-bond donors (Lipinski definition) is 2. The van der Waals surface area contributed by atoms with Crippen LogP contribution in [0.3, 0.4) is 0 Å². The zero-order valence-electron chi connectivity index (χ0n) is 16.1. The third kappa shape index (κ3) is 6.09. The number of nitrogens with zero attached hydrogens (tertiary/aromatic N) is 1. The summed E-state index contributed by atoms with van der Waals surface area (Å²) in [5.41, 5.74) is 4.57. The van der Waals surface area contributed by atoms with Gasteiger partial charge in [-0.3, -0.25) is 4.99 Å². The Morgan fingerprint density at radius 2 is 1.62 bits per heavy atom. The van der Waals surface area contributed by atoms with Gasteiger partial charge in [0.05, 0.1) is 14.2 Å². The van der Waals surface area contributed by atoms with Crippen LogP contribution < -0.4 is 20.1 Å². The summed E-state index contributed by atoms with van der Waals surface area (Å²) in [7, 11) is 5.14. The average Bonchev–Trinajstić information content (AvgIpc) is 2.62. The van der Waals surface area contributed by atoms with E-state index >= 15 is 0 Å². The van der Waals surface area contributed by atoms with Gasteiger partial charge in [0.1, 0.15) is 11.5 Å². The summed E-state index contributed by atoms with van der Waals surface area (Å²) in [4.78, 5) is 4.28. The lowest BCUT2D eigenvalue weighted by Crippen LogP contribution is -2.36. The highest BCUT2D eigenvalue weighted by Crippen LogP contribution is 2.20. The summed E-state index contributed by atoms with van der Waals surface area (Å²) in [6.45, 7) is 5.43. The summed E-state index contributed by atoms with van der Waals surface area (Å²) < 4.78 is 10.7. The van der Waals surface area contributed by atoms with Gasteiger partial charge in [-0.15, -0.1) is 24.0 Å². The molecule has 0 aliphatic rings. The molecule has 2 aromatic rings. The molecule has 0 atom stereocenters. The minimum Gasteiger partial charge on any atom is -0.496 e. The van der Waals surface area contributed by atoms with Crippen LogP contribution in [0.1, 0.15) is 22.3 Å². The summed E-state index contributed by atoms with van der Waals surface area (Å²) in [6.07, 6.45) is 0. The summed E-state index contributed by atoms with van der Waals surface area (Å²) in [5.74, 6) is 2.53. The normalized spacial score (nSPS) is 10.7. The fraction of sp³-hybridized carbons (Fsp3) is 0.350. The minimum absolute atomic E-state index is 0. The summed E-state index contributed by atoms with van der Waals surface area (Å²) in [6, 6.07) is 12.3. The van der Waals surface area contributed by atoms with Crippen LogP contribution in [-0.4, -0.2) is 27.2 Å². The average molecular weight is 469 g/mol. The maximum Gasteiger partial charge on any atom is 0.191 e. The van der Waals surface area contributed by atoms with Crippen LogP contribution in [0, 0.1) is 13.8 Å². The van der Waals surface area contributed by atoms with Gasteiger partial charge in [-0.2, -0.15) is 0 Å². The molecule has 26 heavy (non-hydrogen) atoms. The van der Waals surface area contributed by atoms with Crippen molar-refractivity contribution in [2.75, 3.05) is 21.3 Å². The van der Waals surface area contributed by atoms with Crippen LogP contribution in [0.4, 0.5) is 0 Å². The topological polar surface area (TPSA) is 54.9 Å². The molecule has 0 amide bonds. The molecule has 0 saturated heterocycles. The highest BCUT2D eigenvalue weighted by molar-refractivity contribution is 14.0. The number of aryl methyl sites for hydroxylation is 2. The lowest BCUT2D eigenvalue weighted by Gasteiger charge is -2.15. The van der Waals surface area contributed by atoms with E-state index in [1.807, 2.05) is 19.1 Å². The van der Waals surface area contributed by atoms with E-state index in [1.54, 1.807) is 21.3 Å².